The van der Waals surface area contributed by atoms with Crippen LogP contribution in [0.2, 0.25) is 0 Å². The summed E-state index contributed by atoms with van der Waals surface area (Å²) in [5, 5.41) is 3.42. The average molecular weight is 216 g/mol. The van der Waals surface area contributed by atoms with E-state index in [0.29, 0.717) is 0 Å². The molecule has 0 radical (unpaired) electrons. The van der Waals surface area contributed by atoms with Crippen molar-refractivity contribution in [3.8, 4) is 0 Å². The Kier molecular flexibility index (Phi) is 2.18. The molecular formula is C12H12N2S. The summed E-state index contributed by atoms with van der Waals surface area (Å²) in [6.07, 6.45) is 7.50. The lowest BCUT2D eigenvalue weighted by Gasteiger charge is -2.24. The lowest BCUT2D eigenvalue weighted by molar-refractivity contribution is 0.810. The Morgan fingerprint density at radius 1 is 1.27 bits per heavy atom. The fourth-order valence-electron chi connectivity index (χ4n) is 1.97. The lowest BCUT2D eigenvalue weighted by atomic mass is 10.2. The number of fused-ring (bicyclic) bond motifs is 1. The first-order valence-corrected chi connectivity index (χ1v) is 6.05. The zero-order valence-corrected chi connectivity index (χ0v) is 9.20. The van der Waals surface area contributed by atoms with Crippen molar-refractivity contribution in [1.82, 2.24) is 4.98 Å². The van der Waals surface area contributed by atoms with Crippen LogP contribution in [-0.4, -0.2) is 18.1 Å². The quantitative estimate of drug-likeness (QED) is 0.681. The molecular weight excluding hydrogens is 204 g/mol. The number of thiophene rings is 1. The number of hydrogen-bond donors (Lipinski definition) is 0. The Bertz CT molecular complexity index is 501. The highest BCUT2D eigenvalue weighted by Gasteiger charge is 2.12. The number of aromatic nitrogens is 1. The van der Waals surface area contributed by atoms with Gasteiger partial charge in [-0.05, 0) is 23.9 Å². The van der Waals surface area contributed by atoms with E-state index in [1.165, 1.54) is 10.1 Å². The smallest absolute Gasteiger partial charge is 0.137 e. The molecule has 2 nitrogen and oxygen atoms in total. The molecule has 1 aliphatic heterocycles. The molecule has 0 N–H and O–H groups in total. The zero-order valence-electron chi connectivity index (χ0n) is 8.39. The molecule has 0 amide bonds. The van der Waals surface area contributed by atoms with Crippen LogP contribution >= 0.6 is 11.3 Å². The van der Waals surface area contributed by atoms with E-state index in [1.54, 1.807) is 11.3 Å². The third-order valence-corrected chi connectivity index (χ3v) is 3.60. The first kappa shape index (κ1) is 8.92. The molecule has 3 heteroatoms. The summed E-state index contributed by atoms with van der Waals surface area (Å²) in [5.41, 5.74) is 0. The van der Waals surface area contributed by atoms with Gasteiger partial charge in [0.2, 0.25) is 0 Å². The number of hydrogen-bond acceptors (Lipinski definition) is 3. The van der Waals surface area contributed by atoms with E-state index < -0.39 is 0 Å². The second-order valence-corrected chi connectivity index (χ2v) is 4.62. The zero-order chi connectivity index (χ0) is 10.1. The summed E-state index contributed by atoms with van der Waals surface area (Å²) in [7, 11) is 0. The van der Waals surface area contributed by atoms with Crippen LogP contribution in [0.5, 0.6) is 0 Å². The van der Waals surface area contributed by atoms with Crippen molar-refractivity contribution in [1.29, 1.82) is 0 Å². The number of pyridine rings is 1. The van der Waals surface area contributed by atoms with Gasteiger partial charge in [-0.3, -0.25) is 0 Å². The number of anilines is 1. The van der Waals surface area contributed by atoms with Gasteiger partial charge in [-0.15, -0.1) is 11.3 Å². The van der Waals surface area contributed by atoms with Crippen LogP contribution in [-0.2, 0) is 0 Å². The molecule has 0 unspecified atom stereocenters. The van der Waals surface area contributed by atoms with E-state index in [1.807, 2.05) is 6.20 Å². The minimum atomic E-state index is 0.988. The van der Waals surface area contributed by atoms with Crippen molar-refractivity contribution in [3.05, 3.63) is 35.9 Å². The molecule has 0 bridgehead atoms. The van der Waals surface area contributed by atoms with Crippen LogP contribution in [0, 0.1) is 0 Å². The van der Waals surface area contributed by atoms with E-state index in [0.717, 1.165) is 25.3 Å². The second-order valence-electron chi connectivity index (χ2n) is 3.67. The van der Waals surface area contributed by atoms with Crippen LogP contribution in [0.3, 0.4) is 0 Å². The molecule has 0 aliphatic carbocycles. The van der Waals surface area contributed by atoms with Crippen LogP contribution < -0.4 is 4.90 Å². The van der Waals surface area contributed by atoms with E-state index in [-0.39, 0.29) is 0 Å². The topological polar surface area (TPSA) is 16.1 Å². The third-order valence-electron chi connectivity index (χ3n) is 2.72. The molecule has 0 saturated carbocycles. The van der Waals surface area contributed by atoms with Crippen molar-refractivity contribution >= 4 is 27.2 Å². The summed E-state index contributed by atoms with van der Waals surface area (Å²) < 4.78 is 1.33. The summed E-state index contributed by atoms with van der Waals surface area (Å²) in [5.74, 6) is 1.14. The number of rotatable bonds is 1. The minimum absolute atomic E-state index is 0.988. The van der Waals surface area contributed by atoms with Crippen molar-refractivity contribution in [2.24, 2.45) is 0 Å². The normalized spacial score (nSPS) is 16.1. The maximum absolute atomic E-state index is 4.50. The Hall–Kier alpha value is -1.35. The Morgan fingerprint density at radius 3 is 3.13 bits per heavy atom. The maximum atomic E-state index is 4.50. The van der Waals surface area contributed by atoms with Crippen molar-refractivity contribution in [2.45, 2.75) is 6.42 Å². The fourth-order valence-corrected chi connectivity index (χ4v) is 2.74. The molecule has 2 aromatic rings. The average Bonchev–Trinajstić information content (AvgIpc) is 2.78. The molecule has 76 valence electrons. The van der Waals surface area contributed by atoms with Gasteiger partial charge in [0.25, 0.3) is 0 Å². The third kappa shape index (κ3) is 1.53. The maximum Gasteiger partial charge on any atom is 0.137 e. The Labute approximate surface area is 92.9 Å². The van der Waals surface area contributed by atoms with E-state index in [9.17, 15) is 0 Å². The molecule has 1 aliphatic rings. The van der Waals surface area contributed by atoms with Gasteiger partial charge in [-0.25, -0.2) is 4.98 Å². The molecule has 0 atom stereocenters. The predicted molar refractivity (Wildman–Crippen MR) is 65.6 cm³/mol. The monoisotopic (exact) mass is 216 g/mol. The van der Waals surface area contributed by atoms with Crippen LogP contribution in [0.4, 0.5) is 5.82 Å². The highest BCUT2D eigenvalue weighted by atomic mass is 32.1. The Balaban J connectivity index is 2.09. The van der Waals surface area contributed by atoms with Crippen LogP contribution in [0.15, 0.2) is 35.9 Å². The Morgan fingerprint density at radius 2 is 2.27 bits per heavy atom. The summed E-state index contributed by atoms with van der Waals surface area (Å²) in [6, 6.07) is 4.25. The van der Waals surface area contributed by atoms with E-state index >= 15 is 0 Å². The molecule has 15 heavy (non-hydrogen) atoms. The van der Waals surface area contributed by atoms with Gasteiger partial charge in [0.05, 0.1) is 0 Å². The SMILES string of the molecule is C1=CCN(c2nccc3sccc23)CC1. The van der Waals surface area contributed by atoms with E-state index in [2.05, 4.69) is 39.5 Å². The standard InChI is InChI=1S/C12H12N2S/c1-2-7-14(8-3-1)12-10-5-9-15-11(10)4-6-13-12/h1-2,4-6,9H,3,7-8H2. The van der Waals surface area contributed by atoms with Gasteiger partial charge in [0, 0.05) is 29.4 Å². The van der Waals surface area contributed by atoms with Crippen LogP contribution in [0.25, 0.3) is 10.1 Å². The molecule has 0 fully saturated rings. The highest BCUT2D eigenvalue weighted by Crippen LogP contribution is 2.28. The highest BCUT2D eigenvalue weighted by molar-refractivity contribution is 7.17. The number of nitrogens with zero attached hydrogens (tertiary/aromatic N) is 2. The minimum Gasteiger partial charge on any atom is -0.352 e. The molecule has 2 aromatic heterocycles. The van der Waals surface area contributed by atoms with Gasteiger partial charge in [-0.1, -0.05) is 12.2 Å². The largest absolute Gasteiger partial charge is 0.352 e. The molecule has 3 heterocycles. The first-order valence-electron chi connectivity index (χ1n) is 5.17. The molecule has 0 aromatic carbocycles. The molecule has 0 spiro atoms. The summed E-state index contributed by atoms with van der Waals surface area (Å²) >= 11 is 1.78. The predicted octanol–water partition coefficient (Wildman–Crippen LogP) is 3.06. The van der Waals surface area contributed by atoms with Crippen molar-refractivity contribution in [2.75, 3.05) is 18.0 Å². The van der Waals surface area contributed by atoms with Gasteiger partial charge in [0.15, 0.2) is 0 Å². The van der Waals surface area contributed by atoms with Crippen LogP contribution in [0.1, 0.15) is 6.42 Å². The summed E-state index contributed by atoms with van der Waals surface area (Å²) in [6.45, 7) is 2.07. The molecule has 3 rings (SSSR count). The lowest BCUT2D eigenvalue weighted by Crippen LogP contribution is -2.27. The van der Waals surface area contributed by atoms with Crippen molar-refractivity contribution in [3.63, 3.8) is 0 Å². The first-order chi connectivity index (χ1) is 7.45. The van der Waals surface area contributed by atoms with Gasteiger partial charge in [0.1, 0.15) is 5.82 Å². The van der Waals surface area contributed by atoms with E-state index in [4.69, 9.17) is 0 Å². The van der Waals surface area contributed by atoms with Gasteiger partial charge >= 0.3 is 0 Å². The summed E-state index contributed by atoms with van der Waals surface area (Å²) in [4.78, 5) is 6.84. The van der Waals surface area contributed by atoms with Gasteiger partial charge in [-0.2, -0.15) is 0 Å². The molecule has 0 saturated heterocycles. The fraction of sp³-hybridized carbons (Fsp3) is 0.250. The second kappa shape index (κ2) is 3.66. The van der Waals surface area contributed by atoms with Crippen molar-refractivity contribution < 1.29 is 0 Å². The van der Waals surface area contributed by atoms with Gasteiger partial charge < -0.3 is 4.90 Å².